The van der Waals surface area contributed by atoms with E-state index in [0.717, 1.165) is 29.3 Å². The molecule has 4 heteroatoms. The molecule has 1 aliphatic rings. The van der Waals surface area contributed by atoms with Gasteiger partial charge >= 0.3 is 0 Å². The second kappa shape index (κ2) is 4.28. The van der Waals surface area contributed by atoms with Gasteiger partial charge in [0.1, 0.15) is 11.5 Å². The maximum atomic E-state index is 5.78. The Kier molecular flexibility index (Phi) is 2.74. The Morgan fingerprint density at radius 3 is 2.83 bits per heavy atom. The summed E-state index contributed by atoms with van der Waals surface area (Å²) >= 11 is 0. The Balaban J connectivity index is 2.12. The van der Waals surface area contributed by atoms with Crippen molar-refractivity contribution in [1.29, 1.82) is 0 Å². The average molecular weight is 245 g/mol. The fourth-order valence-corrected chi connectivity index (χ4v) is 2.87. The van der Waals surface area contributed by atoms with Crippen molar-refractivity contribution in [2.75, 3.05) is 6.54 Å². The molecular weight excluding hydrogens is 226 g/mol. The van der Waals surface area contributed by atoms with Crippen molar-refractivity contribution in [3.05, 3.63) is 29.3 Å². The highest BCUT2D eigenvalue weighted by Gasteiger charge is 2.26. The van der Waals surface area contributed by atoms with Crippen molar-refractivity contribution in [2.24, 2.45) is 7.05 Å². The van der Waals surface area contributed by atoms with E-state index in [1.54, 1.807) is 0 Å². The molecule has 1 N–H and O–H groups in total. The summed E-state index contributed by atoms with van der Waals surface area (Å²) in [5.41, 5.74) is 3.44. The monoisotopic (exact) mass is 245 g/mol. The summed E-state index contributed by atoms with van der Waals surface area (Å²) in [7, 11) is 2.02. The second-order valence-electron chi connectivity index (χ2n) is 5.03. The van der Waals surface area contributed by atoms with E-state index in [1.165, 1.54) is 18.5 Å². The van der Waals surface area contributed by atoms with Gasteiger partial charge in [0, 0.05) is 13.1 Å². The van der Waals surface area contributed by atoms with Crippen LogP contribution >= 0.6 is 0 Å². The lowest BCUT2D eigenvalue weighted by Gasteiger charge is -2.12. The molecule has 0 bridgehead atoms. The molecule has 2 aromatic rings. The molecule has 0 radical (unpaired) electrons. The van der Waals surface area contributed by atoms with E-state index in [2.05, 4.69) is 10.4 Å². The molecule has 0 aliphatic carbocycles. The third kappa shape index (κ3) is 1.77. The number of rotatable bonds is 2. The van der Waals surface area contributed by atoms with Gasteiger partial charge in [0.2, 0.25) is 0 Å². The van der Waals surface area contributed by atoms with E-state index in [1.807, 2.05) is 37.7 Å². The number of hydrogen-bond donors (Lipinski definition) is 1. The lowest BCUT2D eigenvalue weighted by atomic mass is 10.0. The largest absolute Gasteiger partial charge is 0.461 e. The van der Waals surface area contributed by atoms with Gasteiger partial charge in [-0.15, -0.1) is 0 Å². The third-order valence-corrected chi connectivity index (χ3v) is 3.64. The SMILES string of the molecule is Cc1ccc(-c2c(C)nn(C)c2C2CCCN2)o1. The summed E-state index contributed by atoms with van der Waals surface area (Å²) in [6.07, 6.45) is 2.40. The van der Waals surface area contributed by atoms with Gasteiger partial charge in [0.05, 0.1) is 17.0 Å². The molecule has 1 unspecified atom stereocenters. The minimum atomic E-state index is 0.400. The maximum absolute atomic E-state index is 5.78. The molecule has 1 aliphatic heterocycles. The average Bonchev–Trinajstić information content (AvgIpc) is 2.99. The molecule has 3 rings (SSSR count). The van der Waals surface area contributed by atoms with Gasteiger partial charge in [-0.05, 0) is 45.4 Å². The fraction of sp³-hybridized carbons (Fsp3) is 0.500. The van der Waals surface area contributed by atoms with Gasteiger partial charge in [-0.3, -0.25) is 4.68 Å². The molecule has 4 nitrogen and oxygen atoms in total. The van der Waals surface area contributed by atoms with Gasteiger partial charge in [-0.2, -0.15) is 5.10 Å². The zero-order chi connectivity index (χ0) is 12.7. The molecule has 1 saturated heterocycles. The third-order valence-electron chi connectivity index (χ3n) is 3.64. The van der Waals surface area contributed by atoms with Gasteiger partial charge in [0.15, 0.2) is 0 Å². The predicted octanol–water partition coefficient (Wildman–Crippen LogP) is 2.72. The molecule has 18 heavy (non-hydrogen) atoms. The second-order valence-corrected chi connectivity index (χ2v) is 5.03. The summed E-state index contributed by atoms with van der Waals surface area (Å²) in [6.45, 7) is 5.11. The molecule has 0 amide bonds. The number of nitrogens with zero attached hydrogens (tertiary/aromatic N) is 2. The summed E-state index contributed by atoms with van der Waals surface area (Å²) in [5.74, 6) is 1.88. The molecule has 3 heterocycles. The Morgan fingerprint density at radius 1 is 1.39 bits per heavy atom. The Morgan fingerprint density at radius 2 is 2.22 bits per heavy atom. The van der Waals surface area contributed by atoms with Crippen LogP contribution in [0.4, 0.5) is 0 Å². The van der Waals surface area contributed by atoms with Crippen LogP contribution in [0, 0.1) is 13.8 Å². The normalized spacial score (nSPS) is 19.6. The number of nitrogens with one attached hydrogen (secondary N) is 1. The fourth-order valence-electron chi connectivity index (χ4n) is 2.87. The van der Waals surface area contributed by atoms with Crippen LogP contribution in [-0.2, 0) is 7.05 Å². The maximum Gasteiger partial charge on any atom is 0.138 e. The topological polar surface area (TPSA) is 43.0 Å². The standard InChI is InChI=1S/C14H19N3O/c1-9-6-7-12(18-9)13-10(2)16-17(3)14(13)11-5-4-8-15-11/h6-7,11,15H,4-5,8H2,1-3H3. The molecule has 0 saturated carbocycles. The van der Waals surface area contributed by atoms with Gasteiger partial charge in [-0.25, -0.2) is 0 Å². The first-order valence-corrected chi connectivity index (χ1v) is 6.50. The van der Waals surface area contributed by atoms with Crippen molar-refractivity contribution < 1.29 is 4.42 Å². The zero-order valence-corrected chi connectivity index (χ0v) is 11.2. The molecule has 0 spiro atoms. The molecular formula is C14H19N3O. The van der Waals surface area contributed by atoms with E-state index in [9.17, 15) is 0 Å². The van der Waals surface area contributed by atoms with E-state index in [4.69, 9.17) is 4.42 Å². The van der Waals surface area contributed by atoms with E-state index < -0.39 is 0 Å². The zero-order valence-electron chi connectivity index (χ0n) is 11.2. The lowest BCUT2D eigenvalue weighted by Crippen LogP contribution is -2.17. The Bertz CT molecular complexity index is 562. The highest BCUT2D eigenvalue weighted by Crippen LogP contribution is 2.35. The first kappa shape index (κ1) is 11.5. The van der Waals surface area contributed by atoms with Crippen LogP contribution in [0.1, 0.15) is 36.0 Å². The Hall–Kier alpha value is -1.55. The van der Waals surface area contributed by atoms with Crippen LogP contribution in [0.25, 0.3) is 11.3 Å². The van der Waals surface area contributed by atoms with E-state index in [-0.39, 0.29) is 0 Å². The van der Waals surface area contributed by atoms with E-state index >= 15 is 0 Å². The minimum absolute atomic E-state index is 0.400. The van der Waals surface area contributed by atoms with E-state index in [0.29, 0.717) is 6.04 Å². The van der Waals surface area contributed by atoms with Crippen LogP contribution in [-0.4, -0.2) is 16.3 Å². The summed E-state index contributed by atoms with van der Waals surface area (Å²) in [5, 5.41) is 8.10. The van der Waals surface area contributed by atoms with Crippen LogP contribution in [0.3, 0.4) is 0 Å². The van der Waals surface area contributed by atoms with Gasteiger partial charge in [-0.1, -0.05) is 0 Å². The lowest BCUT2D eigenvalue weighted by molar-refractivity contribution is 0.540. The summed E-state index contributed by atoms with van der Waals surface area (Å²) in [6, 6.07) is 4.45. The molecule has 2 aromatic heterocycles. The molecule has 96 valence electrons. The van der Waals surface area contributed by atoms with Crippen LogP contribution in [0.5, 0.6) is 0 Å². The van der Waals surface area contributed by atoms with Gasteiger partial charge in [0.25, 0.3) is 0 Å². The molecule has 1 atom stereocenters. The van der Waals surface area contributed by atoms with Crippen LogP contribution in [0.15, 0.2) is 16.5 Å². The smallest absolute Gasteiger partial charge is 0.138 e. The summed E-state index contributed by atoms with van der Waals surface area (Å²) < 4.78 is 7.77. The van der Waals surface area contributed by atoms with Crippen molar-refractivity contribution in [3.8, 4) is 11.3 Å². The minimum Gasteiger partial charge on any atom is -0.461 e. The van der Waals surface area contributed by atoms with Crippen molar-refractivity contribution in [1.82, 2.24) is 15.1 Å². The highest BCUT2D eigenvalue weighted by molar-refractivity contribution is 5.64. The quantitative estimate of drug-likeness (QED) is 0.884. The first-order valence-electron chi connectivity index (χ1n) is 6.50. The number of hydrogen-bond acceptors (Lipinski definition) is 3. The first-order chi connectivity index (χ1) is 8.66. The Labute approximate surface area is 107 Å². The van der Waals surface area contributed by atoms with Gasteiger partial charge < -0.3 is 9.73 Å². The number of furan rings is 1. The number of aromatic nitrogens is 2. The number of aryl methyl sites for hydroxylation is 3. The van der Waals surface area contributed by atoms with Crippen LogP contribution < -0.4 is 5.32 Å². The van der Waals surface area contributed by atoms with Crippen molar-refractivity contribution in [2.45, 2.75) is 32.7 Å². The highest BCUT2D eigenvalue weighted by atomic mass is 16.3. The molecule has 1 fully saturated rings. The van der Waals surface area contributed by atoms with Crippen molar-refractivity contribution in [3.63, 3.8) is 0 Å². The summed E-state index contributed by atoms with van der Waals surface area (Å²) in [4.78, 5) is 0. The predicted molar refractivity (Wildman–Crippen MR) is 70.4 cm³/mol. The van der Waals surface area contributed by atoms with Crippen molar-refractivity contribution >= 4 is 0 Å². The van der Waals surface area contributed by atoms with Crippen LogP contribution in [0.2, 0.25) is 0 Å². The molecule has 0 aromatic carbocycles.